The van der Waals surface area contributed by atoms with Gasteiger partial charge in [0.1, 0.15) is 0 Å². The fourth-order valence-corrected chi connectivity index (χ4v) is 2.99. The highest BCUT2D eigenvalue weighted by Gasteiger charge is 2.15. The molecule has 0 aliphatic carbocycles. The van der Waals surface area contributed by atoms with Gasteiger partial charge in [-0.15, -0.1) is 11.8 Å². The number of benzene rings is 1. The molecule has 6 heteroatoms. The van der Waals surface area contributed by atoms with Gasteiger partial charge in [0.05, 0.1) is 5.25 Å². The third kappa shape index (κ3) is 5.84. The minimum atomic E-state index is -0.150. The zero-order valence-electron chi connectivity index (χ0n) is 11.1. The average molecular weight is 347 g/mol. The highest BCUT2D eigenvalue weighted by atomic mass is 79.9. The molecule has 1 unspecified atom stereocenters. The van der Waals surface area contributed by atoms with E-state index in [-0.39, 0.29) is 11.2 Å². The molecule has 0 heterocycles. The normalized spacial score (nSPS) is 12.2. The van der Waals surface area contributed by atoms with Crippen molar-refractivity contribution in [3.8, 4) is 0 Å². The molecule has 1 atom stereocenters. The van der Waals surface area contributed by atoms with Crippen LogP contribution in [-0.2, 0) is 9.53 Å². The van der Waals surface area contributed by atoms with E-state index >= 15 is 0 Å². The quantitative estimate of drug-likeness (QED) is 0.452. The van der Waals surface area contributed by atoms with Crippen molar-refractivity contribution in [2.24, 2.45) is 0 Å². The molecule has 1 rings (SSSR count). The second kappa shape index (κ2) is 8.45. The van der Waals surface area contributed by atoms with Crippen molar-refractivity contribution < 1.29 is 9.53 Å². The molecule has 3 N–H and O–H groups in total. The van der Waals surface area contributed by atoms with Crippen LogP contribution in [-0.4, -0.2) is 31.4 Å². The van der Waals surface area contributed by atoms with Crippen LogP contribution in [0.5, 0.6) is 0 Å². The van der Waals surface area contributed by atoms with Crippen molar-refractivity contribution in [3.05, 3.63) is 22.7 Å². The molecule has 0 saturated heterocycles. The summed E-state index contributed by atoms with van der Waals surface area (Å²) in [7, 11) is 1.65. The predicted molar refractivity (Wildman–Crippen MR) is 83.4 cm³/mol. The number of halogens is 1. The van der Waals surface area contributed by atoms with Gasteiger partial charge in [-0.05, 0) is 47.5 Å². The van der Waals surface area contributed by atoms with E-state index in [0.29, 0.717) is 18.8 Å². The minimum absolute atomic E-state index is 0.0322. The third-order valence-electron chi connectivity index (χ3n) is 2.45. The largest absolute Gasteiger partial charge is 0.399 e. The van der Waals surface area contributed by atoms with Gasteiger partial charge in [0.2, 0.25) is 5.91 Å². The van der Waals surface area contributed by atoms with Crippen molar-refractivity contribution in [2.75, 3.05) is 26.0 Å². The van der Waals surface area contributed by atoms with Crippen LogP contribution in [0.15, 0.2) is 27.6 Å². The lowest BCUT2D eigenvalue weighted by molar-refractivity contribution is -0.120. The first kappa shape index (κ1) is 16.3. The lowest BCUT2D eigenvalue weighted by atomic mass is 10.3. The van der Waals surface area contributed by atoms with Crippen molar-refractivity contribution >= 4 is 39.3 Å². The summed E-state index contributed by atoms with van der Waals surface area (Å²) < 4.78 is 5.85. The van der Waals surface area contributed by atoms with E-state index in [0.717, 1.165) is 15.8 Å². The van der Waals surface area contributed by atoms with Gasteiger partial charge in [-0.1, -0.05) is 0 Å². The van der Waals surface area contributed by atoms with Crippen molar-refractivity contribution in [1.82, 2.24) is 5.32 Å². The Kier molecular flexibility index (Phi) is 7.27. The lowest BCUT2D eigenvalue weighted by Crippen LogP contribution is -2.32. The number of anilines is 1. The maximum absolute atomic E-state index is 11.9. The second-order valence-corrected chi connectivity index (χ2v) is 6.32. The molecule has 0 aromatic heterocycles. The molecule has 4 nitrogen and oxygen atoms in total. The maximum atomic E-state index is 11.9. The standard InChI is InChI=1S/C13H19BrN2O2S/c1-9(13(17)16-6-3-7-18-2)19-12-5-4-10(15)8-11(12)14/h4-5,8-9H,3,6-7,15H2,1-2H3,(H,16,17). The number of nitrogens with one attached hydrogen (secondary N) is 1. The Hall–Kier alpha value is -0.720. The second-order valence-electron chi connectivity index (χ2n) is 4.09. The molecular weight excluding hydrogens is 328 g/mol. The average Bonchev–Trinajstić information content (AvgIpc) is 2.37. The molecule has 0 radical (unpaired) electrons. The van der Waals surface area contributed by atoms with Crippen LogP contribution >= 0.6 is 27.7 Å². The first-order valence-corrected chi connectivity index (χ1v) is 7.70. The van der Waals surface area contributed by atoms with E-state index in [1.165, 1.54) is 11.8 Å². The van der Waals surface area contributed by atoms with E-state index in [2.05, 4.69) is 21.2 Å². The lowest BCUT2D eigenvalue weighted by Gasteiger charge is -2.13. The molecule has 1 aromatic rings. The molecule has 0 bridgehead atoms. The van der Waals surface area contributed by atoms with Crippen LogP contribution in [0.2, 0.25) is 0 Å². The number of hydrogen-bond acceptors (Lipinski definition) is 4. The van der Waals surface area contributed by atoms with Gasteiger partial charge < -0.3 is 15.8 Å². The predicted octanol–water partition coefficient (Wildman–Crippen LogP) is 2.66. The first-order chi connectivity index (χ1) is 9.04. The number of nitrogens with two attached hydrogens (primary N) is 1. The molecule has 0 fully saturated rings. The fourth-order valence-electron chi connectivity index (χ4n) is 1.43. The Balaban J connectivity index is 2.45. The van der Waals surface area contributed by atoms with E-state index in [4.69, 9.17) is 10.5 Å². The molecule has 0 aliphatic heterocycles. The minimum Gasteiger partial charge on any atom is -0.399 e. The number of amides is 1. The van der Waals surface area contributed by atoms with E-state index in [1.54, 1.807) is 7.11 Å². The number of methoxy groups -OCH3 is 1. The highest BCUT2D eigenvalue weighted by Crippen LogP contribution is 2.32. The van der Waals surface area contributed by atoms with Gasteiger partial charge >= 0.3 is 0 Å². The zero-order valence-corrected chi connectivity index (χ0v) is 13.5. The Morgan fingerprint density at radius 2 is 2.32 bits per heavy atom. The number of carbonyl (C=O) groups excluding carboxylic acids is 1. The number of ether oxygens (including phenoxy) is 1. The Morgan fingerprint density at radius 1 is 1.58 bits per heavy atom. The van der Waals surface area contributed by atoms with Crippen molar-refractivity contribution in [1.29, 1.82) is 0 Å². The summed E-state index contributed by atoms with van der Waals surface area (Å²) in [5.74, 6) is 0.0322. The van der Waals surface area contributed by atoms with Gasteiger partial charge in [-0.25, -0.2) is 0 Å². The summed E-state index contributed by atoms with van der Waals surface area (Å²) in [6, 6.07) is 5.58. The highest BCUT2D eigenvalue weighted by molar-refractivity contribution is 9.10. The molecule has 19 heavy (non-hydrogen) atoms. The number of rotatable bonds is 7. The summed E-state index contributed by atoms with van der Waals surface area (Å²) in [5, 5.41) is 2.74. The zero-order chi connectivity index (χ0) is 14.3. The summed E-state index contributed by atoms with van der Waals surface area (Å²) in [6.07, 6.45) is 0.825. The molecule has 1 amide bonds. The smallest absolute Gasteiger partial charge is 0.233 e. The van der Waals surface area contributed by atoms with Gasteiger partial charge in [0.25, 0.3) is 0 Å². The van der Waals surface area contributed by atoms with Gasteiger partial charge in [0, 0.05) is 35.3 Å². The van der Waals surface area contributed by atoms with Crippen LogP contribution in [0.4, 0.5) is 5.69 Å². The van der Waals surface area contributed by atoms with E-state index < -0.39 is 0 Å². The monoisotopic (exact) mass is 346 g/mol. The Bertz CT molecular complexity index is 429. The van der Waals surface area contributed by atoms with Crippen LogP contribution in [0, 0.1) is 0 Å². The topological polar surface area (TPSA) is 64.3 Å². The maximum Gasteiger partial charge on any atom is 0.233 e. The summed E-state index contributed by atoms with van der Waals surface area (Å²) in [5.41, 5.74) is 6.38. The van der Waals surface area contributed by atoms with Gasteiger partial charge in [-0.2, -0.15) is 0 Å². The summed E-state index contributed by atoms with van der Waals surface area (Å²) in [6.45, 7) is 3.19. The third-order valence-corrected chi connectivity index (χ3v) is 4.55. The van der Waals surface area contributed by atoms with E-state index in [1.807, 2.05) is 25.1 Å². The molecule has 0 aliphatic rings. The van der Waals surface area contributed by atoms with Gasteiger partial charge in [0.15, 0.2) is 0 Å². The van der Waals surface area contributed by atoms with E-state index in [9.17, 15) is 4.79 Å². The Labute approximate surface area is 126 Å². The number of nitrogen functional groups attached to an aromatic ring is 1. The van der Waals surface area contributed by atoms with Crippen molar-refractivity contribution in [3.63, 3.8) is 0 Å². The first-order valence-electron chi connectivity index (χ1n) is 6.03. The van der Waals surface area contributed by atoms with Crippen LogP contribution < -0.4 is 11.1 Å². The molecule has 1 aromatic carbocycles. The van der Waals surface area contributed by atoms with Crippen molar-refractivity contribution in [2.45, 2.75) is 23.5 Å². The SMILES string of the molecule is COCCCNC(=O)C(C)Sc1ccc(N)cc1Br. The number of carbonyl (C=O) groups is 1. The molecular formula is C13H19BrN2O2S. The number of hydrogen-bond donors (Lipinski definition) is 2. The van der Waals surface area contributed by atoms with Crippen LogP contribution in [0.3, 0.4) is 0 Å². The molecule has 0 spiro atoms. The summed E-state index contributed by atoms with van der Waals surface area (Å²) in [4.78, 5) is 12.9. The Morgan fingerprint density at radius 3 is 2.95 bits per heavy atom. The summed E-state index contributed by atoms with van der Waals surface area (Å²) >= 11 is 4.95. The van der Waals surface area contributed by atoms with Crippen LogP contribution in [0.1, 0.15) is 13.3 Å². The molecule has 106 valence electrons. The molecule has 0 saturated carbocycles. The van der Waals surface area contributed by atoms with Gasteiger partial charge in [-0.3, -0.25) is 4.79 Å². The fraction of sp³-hybridized carbons (Fsp3) is 0.462. The van der Waals surface area contributed by atoms with Crippen LogP contribution in [0.25, 0.3) is 0 Å². The number of thioether (sulfide) groups is 1.